The first kappa shape index (κ1) is 27.1. The Hall–Kier alpha value is -4.43. The highest BCUT2D eigenvalue weighted by Crippen LogP contribution is 2.26. The number of amides is 1. The largest absolute Gasteiger partial charge is 0.319 e. The van der Waals surface area contributed by atoms with Crippen molar-refractivity contribution in [2.45, 2.75) is 26.7 Å². The van der Waals surface area contributed by atoms with Gasteiger partial charge in [-0.3, -0.25) is 24.8 Å². The van der Waals surface area contributed by atoms with Gasteiger partial charge in [0, 0.05) is 23.7 Å². The monoisotopic (exact) mass is 536 g/mol. The lowest BCUT2D eigenvalue weighted by molar-refractivity contribution is 0.102. The summed E-state index contributed by atoms with van der Waals surface area (Å²) in [5.41, 5.74) is 6.02. The molecule has 0 radical (unpaired) electrons. The van der Waals surface area contributed by atoms with Gasteiger partial charge >= 0.3 is 0 Å². The summed E-state index contributed by atoms with van der Waals surface area (Å²) in [5.74, 6) is 0.108. The number of likely N-dealkylation sites (tertiary alicyclic amines) is 1. The number of hydrogen-bond acceptors (Lipinski definition) is 5. The van der Waals surface area contributed by atoms with Crippen LogP contribution in [0.15, 0.2) is 83.6 Å². The third-order valence-corrected chi connectivity index (χ3v) is 7.32. The number of hydrogen-bond donors (Lipinski definition) is 2. The molecule has 2 aromatic heterocycles. The number of pyridine rings is 1. The summed E-state index contributed by atoms with van der Waals surface area (Å²) < 4.78 is 13.6. The molecule has 1 amide bonds. The third-order valence-electron chi connectivity index (χ3n) is 7.32. The van der Waals surface area contributed by atoms with Gasteiger partial charge < -0.3 is 5.32 Å². The molecule has 1 saturated heterocycles. The van der Waals surface area contributed by atoms with E-state index < -0.39 is 0 Å². The molecule has 204 valence electrons. The summed E-state index contributed by atoms with van der Waals surface area (Å²) in [6.07, 6.45) is 7.94. The average molecular weight is 537 g/mol. The Morgan fingerprint density at radius 2 is 2.02 bits per heavy atom. The third kappa shape index (κ3) is 6.40. The Morgan fingerprint density at radius 3 is 2.75 bits per heavy atom. The van der Waals surface area contributed by atoms with Crippen LogP contribution in [0.3, 0.4) is 0 Å². The van der Waals surface area contributed by atoms with Gasteiger partial charge in [0.25, 0.3) is 5.91 Å². The number of allylic oxidation sites excluding steroid dienone is 1. The number of aliphatic imine (C=N–C) groups is 1. The standard InChI is InChI=1S/C32H33FN6O/c1-21-11-13-39(14-12-21)20-23(18-34-3)15-22(2)24-7-9-30-28(17-24)31(38-37-30)32(40)36-27-8-10-29(35-19-27)25-5-4-6-26(33)16-25/h4-10,15-19,21H,3,11-14,20H2,1-2H3,(H,36,40)(H,37,38)/b22-15+,23-18+. The fourth-order valence-corrected chi connectivity index (χ4v) is 4.99. The molecule has 0 bridgehead atoms. The molecule has 40 heavy (non-hydrogen) atoms. The van der Waals surface area contributed by atoms with E-state index in [-0.39, 0.29) is 11.7 Å². The number of rotatable bonds is 8. The predicted octanol–water partition coefficient (Wildman–Crippen LogP) is 6.74. The maximum Gasteiger partial charge on any atom is 0.276 e. The van der Waals surface area contributed by atoms with Gasteiger partial charge in [-0.05, 0) is 98.6 Å². The van der Waals surface area contributed by atoms with Crippen LogP contribution in [0, 0.1) is 11.7 Å². The molecule has 1 fully saturated rings. The van der Waals surface area contributed by atoms with E-state index in [1.165, 1.54) is 25.0 Å². The van der Waals surface area contributed by atoms with Crippen molar-refractivity contribution < 1.29 is 9.18 Å². The molecule has 5 rings (SSSR count). The van der Waals surface area contributed by atoms with E-state index in [1.54, 1.807) is 30.5 Å². The van der Waals surface area contributed by atoms with E-state index in [0.717, 1.165) is 53.2 Å². The van der Waals surface area contributed by atoms with Gasteiger partial charge in [0.2, 0.25) is 0 Å². The number of fused-ring (bicyclic) bond motifs is 1. The van der Waals surface area contributed by atoms with E-state index in [2.05, 4.69) is 57.0 Å². The van der Waals surface area contributed by atoms with E-state index in [0.29, 0.717) is 22.6 Å². The van der Waals surface area contributed by atoms with Crippen molar-refractivity contribution in [1.82, 2.24) is 20.1 Å². The number of nitrogens with zero attached hydrogens (tertiary/aromatic N) is 4. The molecule has 0 aliphatic carbocycles. The van der Waals surface area contributed by atoms with Gasteiger partial charge in [-0.15, -0.1) is 0 Å². The van der Waals surface area contributed by atoms with E-state index in [4.69, 9.17) is 0 Å². The number of benzene rings is 2. The fourth-order valence-electron chi connectivity index (χ4n) is 4.99. The summed E-state index contributed by atoms with van der Waals surface area (Å²) in [7, 11) is 0. The molecule has 0 atom stereocenters. The zero-order valence-electron chi connectivity index (χ0n) is 22.8. The molecule has 2 aromatic carbocycles. The summed E-state index contributed by atoms with van der Waals surface area (Å²) in [5, 5.41) is 10.8. The van der Waals surface area contributed by atoms with E-state index >= 15 is 0 Å². The maximum absolute atomic E-state index is 13.6. The van der Waals surface area contributed by atoms with Crippen LogP contribution in [0.5, 0.6) is 0 Å². The molecule has 4 aromatic rings. The van der Waals surface area contributed by atoms with Crippen molar-refractivity contribution in [2.24, 2.45) is 10.9 Å². The fraction of sp³-hybridized carbons (Fsp3) is 0.250. The SMILES string of the molecule is C=N/C=C(\C=C(/C)c1ccc2[nH]nc(C(=O)Nc3ccc(-c4cccc(F)c4)nc3)c2c1)CN1CCC(C)CC1. The van der Waals surface area contributed by atoms with Gasteiger partial charge in [0.1, 0.15) is 5.82 Å². The van der Waals surface area contributed by atoms with Crippen molar-refractivity contribution in [3.8, 4) is 11.3 Å². The highest BCUT2D eigenvalue weighted by Gasteiger charge is 2.18. The number of aromatic nitrogens is 3. The Balaban J connectivity index is 1.32. The Kier molecular flexibility index (Phi) is 8.26. The molecule has 2 N–H and O–H groups in total. The zero-order chi connectivity index (χ0) is 28.1. The Bertz CT molecular complexity index is 1580. The Labute approximate surface area is 233 Å². The second-order valence-corrected chi connectivity index (χ2v) is 10.4. The van der Waals surface area contributed by atoms with Crippen molar-refractivity contribution in [1.29, 1.82) is 0 Å². The summed E-state index contributed by atoms with van der Waals surface area (Å²) >= 11 is 0. The molecular formula is C32H33FN6O. The van der Waals surface area contributed by atoms with Gasteiger partial charge in [0.05, 0.1) is 23.1 Å². The highest BCUT2D eigenvalue weighted by molar-refractivity contribution is 6.11. The number of carbonyl (C=O) groups is 1. The Morgan fingerprint density at radius 1 is 1.20 bits per heavy atom. The van der Waals surface area contributed by atoms with Crippen LogP contribution in [0.2, 0.25) is 0 Å². The van der Waals surface area contributed by atoms with Gasteiger partial charge in [-0.1, -0.05) is 31.2 Å². The first-order chi connectivity index (χ1) is 19.4. The second kappa shape index (κ2) is 12.2. The molecule has 1 aliphatic heterocycles. The van der Waals surface area contributed by atoms with Gasteiger partial charge in [-0.2, -0.15) is 5.10 Å². The lowest BCUT2D eigenvalue weighted by atomic mass is 9.98. The number of aromatic amines is 1. The van der Waals surface area contributed by atoms with Crippen LogP contribution in [0.1, 0.15) is 42.7 Å². The molecule has 3 heterocycles. The van der Waals surface area contributed by atoms with E-state index in [1.807, 2.05) is 24.4 Å². The second-order valence-electron chi connectivity index (χ2n) is 10.4. The number of halogens is 1. The van der Waals surface area contributed by atoms with Crippen LogP contribution < -0.4 is 5.32 Å². The van der Waals surface area contributed by atoms with Crippen LogP contribution in [-0.4, -0.2) is 52.3 Å². The summed E-state index contributed by atoms with van der Waals surface area (Å²) in [6.45, 7) is 11.0. The maximum atomic E-state index is 13.6. The van der Waals surface area contributed by atoms with Crippen molar-refractivity contribution in [3.05, 3.63) is 95.7 Å². The quantitative estimate of drug-likeness (QED) is 0.193. The van der Waals surface area contributed by atoms with Crippen LogP contribution >= 0.6 is 0 Å². The lowest BCUT2D eigenvalue weighted by Crippen LogP contribution is -2.34. The number of carbonyl (C=O) groups excluding carboxylic acids is 1. The predicted molar refractivity (Wildman–Crippen MR) is 160 cm³/mol. The molecule has 0 unspecified atom stereocenters. The molecule has 8 heteroatoms. The number of anilines is 1. The number of piperidine rings is 1. The average Bonchev–Trinajstić information content (AvgIpc) is 3.38. The highest BCUT2D eigenvalue weighted by atomic mass is 19.1. The van der Waals surface area contributed by atoms with E-state index in [9.17, 15) is 9.18 Å². The minimum Gasteiger partial charge on any atom is -0.319 e. The number of nitrogens with one attached hydrogen (secondary N) is 2. The smallest absolute Gasteiger partial charge is 0.276 e. The van der Waals surface area contributed by atoms with Gasteiger partial charge in [0.15, 0.2) is 5.69 Å². The molecule has 7 nitrogen and oxygen atoms in total. The molecule has 0 saturated carbocycles. The zero-order valence-corrected chi connectivity index (χ0v) is 22.8. The molecular weight excluding hydrogens is 503 g/mol. The summed E-state index contributed by atoms with van der Waals surface area (Å²) in [6, 6.07) is 15.6. The normalized spacial score (nSPS) is 15.4. The van der Waals surface area contributed by atoms with Crippen LogP contribution in [0.4, 0.5) is 10.1 Å². The topological polar surface area (TPSA) is 86.3 Å². The minimum atomic E-state index is -0.346. The number of H-pyrrole nitrogens is 1. The summed E-state index contributed by atoms with van der Waals surface area (Å²) in [4.78, 5) is 24.0. The molecule has 0 spiro atoms. The first-order valence-corrected chi connectivity index (χ1v) is 13.5. The lowest BCUT2D eigenvalue weighted by Gasteiger charge is -2.30. The van der Waals surface area contributed by atoms with Gasteiger partial charge in [-0.25, -0.2) is 4.39 Å². The van der Waals surface area contributed by atoms with Crippen LogP contribution in [-0.2, 0) is 0 Å². The van der Waals surface area contributed by atoms with Crippen molar-refractivity contribution in [3.63, 3.8) is 0 Å². The van der Waals surface area contributed by atoms with Crippen molar-refractivity contribution >= 4 is 34.8 Å². The molecule has 1 aliphatic rings. The first-order valence-electron chi connectivity index (χ1n) is 13.5. The van der Waals surface area contributed by atoms with Crippen molar-refractivity contribution in [2.75, 3.05) is 25.0 Å². The van der Waals surface area contributed by atoms with Crippen LogP contribution in [0.25, 0.3) is 27.7 Å². The minimum absolute atomic E-state index is 0.296.